The number of benzene rings is 2. The van der Waals surface area contributed by atoms with Gasteiger partial charge in [-0.1, -0.05) is 44.5 Å². The van der Waals surface area contributed by atoms with E-state index in [1.165, 1.54) is 0 Å². The summed E-state index contributed by atoms with van der Waals surface area (Å²) < 4.78 is 23.3. The maximum atomic E-state index is 13.9. The number of carbonyl (C=O) groups excluding carboxylic acids is 2. The van der Waals surface area contributed by atoms with E-state index < -0.39 is 18.2 Å². The Hall–Kier alpha value is -2.52. The number of para-hydroxylation sites is 1. The molecule has 38 heavy (non-hydrogen) atoms. The minimum Gasteiger partial charge on any atom is -0.492 e. The first-order valence-corrected chi connectivity index (χ1v) is 12.9. The molecule has 8 nitrogen and oxygen atoms in total. The first kappa shape index (κ1) is 31.7. The molecule has 0 bridgehead atoms. The van der Waals surface area contributed by atoms with Gasteiger partial charge in [0.05, 0.1) is 26.7 Å². The molecule has 1 amide bonds. The normalized spacial score (nSPS) is 17.2. The molecule has 0 aliphatic carbocycles. The quantitative estimate of drug-likeness (QED) is 0.306. The van der Waals surface area contributed by atoms with Gasteiger partial charge in [0.25, 0.3) is 5.91 Å². The average Bonchev–Trinajstić information content (AvgIpc) is 2.93. The Morgan fingerprint density at radius 1 is 1.18 bits per heavy atom. The van der Waals surface area contributed by atoms with Crippen molar-refractivity contribution in [2.24, 2.45) is 11.1 Å². The van der Waals surface area contributed by atoms with Crippen molar-refractivity contribution in [2.75, 3.05) is 38.3 Å². The van der Waals surface area contributed by atoms with Crippen molar-refractivity contribution in [3.8, 4) is 11.5 Å². The molecule has 0 saturated heterocycles. The minimum atomic E-state index is -1.08. The minimum absolute atomic E-state index is 0. The molecule has 0 radical (unpaired) electrons. The Morgan fingerprint density at radius 3 is 2.55 bits per heavy atom. The third-order valence-corrected chi connectivity index (χ3v) is 6.03. The number of hydrogen-bond acceptors (Lipinski definition) is 7. The van der Waals surface area contributed by atoms with Crippen LogP contribution < -0.4 is 20.1 Å². The van der Waals surface area contributed by atoms with Crippen molar-refractivity contribution in [1.29, 1.82) is 0 Å². The van der Waals surface area contributed by atoms with Gasteiger partial charge in [0.15, 0.2) is 11.5 Å². The van der Waals surface area contributed by atoms with Crippen LogP contribution in [0.15, 0.2) is 36.4 Å². The summed E-state index contributed by atoms with van der Waals surface area (Å²) in [6, 6.07) is 10.9. The summed E-state index contributed by atoms with van der Waals surface area (Å²) in [6.07, 6.45) is -1.39. The van der Waals surface area contributed by atoms with Gasteiger partial charge in [0.2, 0.25) is 0 Å². The highest BCUT2D eigenvalue weighted by molar-refractivity contribution is 6.30. The van der Waals surface area contributed by atoms with Crippen LogP contribution in [0.1, 0.15) is 57.8 Å². The molecule has 210 valence electrons. The van der Waals surface area contributed by atoms with E-state index in [0.717, 1.165) is 0 Å². The van der Waals surface area contributed by atoms with Gasteiger partial charge in [-0.3, -0.25) is 9.59 Å². The monoisotopic (exact) mass is 568 g/mol. The lowest BCUT2D eigenvalue weighted by Gasteiger charge is -2.31. The number of rotatable bonds is 10. The maximum absolute atomic E-state index is 13.9. The van der Waals surface area contributed by atoms with Crippen molar-refractivity contribution in [1.82, 2.24) is 0 Å². The summed E-state index contributed by atoms with van der Waals surface area (Å²) in [5.74, 6) is 0.181. The number of carbonyl (C=O) groups is 2. The number of halogens is 2. The molecular formula is C28H38Cl2N2O6. The SMILES string of the molecule is CCOC(=O)C[C@H]1O[C@H](c2cccc(OCCCN)c2OC)c2cc(Cl)ccc2N(CC(C)(C)C)C1=O.Cl. The second kappa shape index (κ2) is 14.0. The molecule has 10 heteroatoms. The van der Waals surface area contributed by atoms with E-state index in [9.17, 15) is 9.59 Å². The van der Waals surface area contributed by atoms with Gasteiger partial charge in [-0.15, -0.1) is 12.4 Å². The van der Waals surface area contributed by atoms with E-state index in [2.05, 4.69) is 0 Å². The largest absolute Gasteiger partial charge is 0.492 e. The van der Waals surface area contributed by atoms with Gasteiger partial charge < -0.3 is 29.6 Å². The summed E-state index contributed by atoms with van der Waals surface area (Å²) in [6.45, 7) is 9.41. The maximum Gasteiger partial charge on any atom is 0.308 e. The van der Waals surface area contributed by atoms with Crippen LogP contribution in [0.5, 0.6) is 11.5 Å². The first-order valence-electron chi connectivity index (χ1n) is 12.5. The fraction of sp³-hybridized carbons (Fsp3) is 0.500. The van der Waals surface area contributed by atoms with E-state index in [4.69, 9.17) is 36.3 Å². The molecule has 0 fully saturated rings. The zero-order chi connectivity index (χ0) is 27.2. The molecule has 2 N–H and O–H groups in total. The van der Waals surface area contributed by atoms with Crippen molar-refractivity contribution >= 4 is 41.6 Å². The number of amides is 1. The van der Waals surface area contributed by atoms with Gasteiger partial charge in [0.1, 0.15) is 12.2 Å². The number of nitrogens with two attached hydrogens (primary N) is 1. The van der Waals surface area contributed by atoms with Crippen molar-refractivity contribution in [3.63, 3.8) is 0 Å². The Morgan fingerprint density at radius 2 is 1.92 bits per heavy atom. The third kappa shape index (κ3) is 7.76. The van der Waals surface area contributed by atoms with Gasteiger partial charge in [-0.2, -0.15) is 0 Å². The number of methoxy groups -OCH3 is 1. The summed E-state index contributed by atoms with van der Waals surface area (Å²) in [5.41, 5.74) is 7.40. The van der Waals surface area contributed by atoms with Crippen LogP contribution in [0.4, 0.5) is 5.69 Å². The number of ether oxygens (including phenoxy) is 4. The first-order chi connectivity index (χ1) is 17.6. The molecule has 1 heterocycles. The predicted molar refractivity (Wildman–Crippen MR) is 151 cm³/mol. The van der Waals surface area contributed by atoms with Gasteiger partial charge in [-0.05, 0) is 49.6 Å². The molecule has 0 saturated carbocycles. The lowest BCUT2D eigenvalue weighted by atomic mass is 9.94. The fourth-order valence-electron chi connectivity index (χ4n) is 4.29. The lowest BCUT2D eigenvalue weighted by Crippen LogP contribution is -2.44. The topological polar surface area (TPSA) is 100 Å². The Labute approximate surface area is 236 Å². The molecule has 1 aliphatic rings. The summed E-state index contributed by atoms with van der Waals surface area (Å²) in [7, 11) is 1.55. The van der Waals surface area contributed by atoms with E-state index in [-0.39, 0.29) is 36.8 Å². The molecular weight excluding hydrogens is 531 g/mol. The number of esters is 1. The van der Waals surface area contributed by atoms with Gasteiger partial charge in [-0.25, -0.2) is 0 Å². The Kier molecular flexibility index (Phi) is 11.7. The highest BCUT2D eigenvalue weighted by Crippen LogP contribution is 2.45. The van der Waals surface area contributed by atoms with Crippen LogP contribution in [0, 0.1) is 5.41 Å². The number of nitrogens with zero attached hydrogens (tertiary/aromatic N) is 1. The fourth-order valence-corrected chi connectivity index (χ4v) is 4.47. The van der Waals surface area contributed by atoms with E-state index in [1.54, 1.807) is 31.1 Å². The molecule has 3 rings (SSSR count). The highest BCUT2D eigenvalue weighted by Gasteiger charge is 2.40. The average molecular weight is 570 g/mol. The van der Waals surface area contributed by atoms with Crippen molar-refractivity contribution < 1.29 is 28.5 Å². The smallest absolute Gasteiger partial charge is 0.308 e. The molecule has 1 aliphatic heterocycles. The second-order valence-electron chi connectivity index (χ2n) is 10.1. The molecule has 0 spiro atoms. The summed E-state index contributed by atoms with van der Waals surface area (Å²) in [5, 5.41) is 0.494. The number of fused-ring (bicyclic) bond motifs is 1. The van der Waals surface area contributed by atoms with Crippen molar-refractivity contribution in [2.45, 2.75) is 52.7 Å². The zero-order valence-electron chi connectivity index (χ0n) is 22.6. The van der Waals surface area contributed by atoms with Gasteiger partial charge >= 0.3 is 5.97 Å². The summed E-state index contributed by atoms with van der Waals surface area (Å²) >= 11 is 6.45. The Balaban J connectivity index is 0.00000507. The standard InChI is InChI=1S/C28H37ClN2O6.ClH/c1-6-35-24(32)16-23-27(33)31(17-28(2,3)4)21-12-11-18(29)15-20(21)25(37-23)19-9-7-10-22(26(19)34-5)36-14-8-13-30;/h7,9-12,15,23,25H,6,8,13-14,16-17,30H2,1-5H3;1H/t23-,25-;/m1./s1. The Bertz CT molecular complexity index is 1110. The summed E-state index contributed by atoms with van der Waals surface area (Å²) in [4.78, 5) is 28.1. The second-order valence-corrected chi connectivity index (χ2v) is 10.5. The predicted octanol–water partition coefficient (Wildman–Crippen LogP) is 5.32. The van der Waals surface area contributed by atoms with Crippen LogP contribution in [0.25, 0.3) is 0 Å². The van der Waals surface area contributed by atoms with Crippen LogP contribution in [0.3, 0.4) is 0 Å². The molecule has 2 aromatic carbocycles. The van der Waals surface area contributed by atoms with E-state index >= 15 is 0 Å². The van der Waals surface area contributed by atoms with Crippen LogP contribution in [-0.2, 0) is 19.1 Å². The van der Waals surface area contributed by atoms with E-state index in [0.29, 0.717) is 59.5 Å². The van der Waals surface area contributed by atoms with Crippen LogP contribution in [-0.4, -0.2) is 51.4 Å². The third-order valence-electron chi connectivity index (χ3n) is 5.80. The van der Waals surface area contributed by atoms with Crippen LogP contribution in [0.2, 0.25) is 5.02 Å². The van der Waals surface area contributed by atoms with Gasteiger partial charge in [0, 0.05) is 28.4 Å². The van der Waals surface area contributed by atoms with Crippen molar-refractivity contribution in [3.05, 3.63) is 52.5 Å². The lowest BCUT2D eigenvalue weighted by molar-refractivity contribution is -0.151. The van der Waals surface area contributed by atoms with Crippen LogP contribution >= 0.6 is 24.0 Å². The molecule has 0 unspecified atom stereocenters. The zero-order valence-corrected chi connectivity index (χ0v) is 24.2. The molecule has 2 aromatic rings. The molecule has 0 aromatic heterocycles. The van der Waals surface area contributed by atoms with E-state index in [1.807, 2.05) is 45.0 Å². The molecule has 2 atom stereocenters. The number of anilines is 1. The highest BCUT2D eigenvalue weighted by atomic mass is 35.5. The number of hydrogen-bond donors (Lipinski definition) is 1.